The Morgan fingerprint density at radius 1 is 1.00 bits per heavy atom. The number of hydrogen-bond donors (Lipinski definition) is 0. The summed E-state index contributed by atoms with van der Waals surface area (Å²) in [5.41, 5.74) is 7.09. The molecular formula is C22H22IrN-. The number of benzene rings is 2. The van der Waals surface area contributed by atoms with E-state index in [0.29, 0.717) is 0 Å². The number of rotatable bonds is 5. The van der Waals surface area contributed by atoms with Gasteiger partial charge in [-0.15, -0.1) is 35.4 Å². The third-order valence-electron chi connectivity index (χ3n) is 4.07. The number of unbranched alkanes of at least 4 members (excludes halogenated alkanes) is 1. The molecule has 0 bridgehead atoms. The van der Waals surface area contributed by atoms with Crippen LogP contribution in [-0.4, -0.2) is 4.98 Å². The number of pyridine rings is 1. The zero-order valence-corrected chi connectivity index (χ0v) is 16.6. The Balaban J connectivity index is 0.00000208. The summed E-state index contributed by atoms with van der Waals surface area (Å²) in [4.78, 5) is 4.51. The van der Waals surface area contributed by atoms with Crippen LogP contribution in [-0.2, 0) is 26.5 Å². The molecule has 125 valence electrons. The van der Waals surface area contributed by atoms with Crippen LogP contribution in [0.15, 0.2) is 60.8 Å². The van der Waals surface area contributed by atoms with Crippen molar-refractivity contribution in [1.82, 2.24) is 4.98 Å². The Kier molecular flexibility index (Phi) is 6.90. The van der Waals surface area contributed by atoms with Gasteiger partial charge in [-0.25, -0.2) is 0 Å². The van der Waals surface area contributed by atoms with Gasteiger partial charge in [0.1, 0.15) is 0 Å². The Hall–Kier alpha value is -1.76. The molecule has 1 nitrogen and oxygen atoms in total. The van der Waals surface area contributed by atoms with Gasteiger partial charge in [0.15, 0.2) is 0 Å². The van der Waals surface area contributed by atoms with Crippen LogP contribution in [0.25, 0.3) is 22.4 Å². The van der Waals surface area contributed by atoms with Crippen LogP contribution in [0, 0.1) is 13.0 Å². The van der Waals surface area contributed by atoms with Crippen molar-refractivity contribution in [2.75, 3.05) is 0 Å². The zero-order chi connectivity index (χ0) is 16.1. The minimum absolute atomic E-state index is 0. The summed E-state index contributed by atoms with van der Waals surface area (Å²) < 4.78 is 0. The summed E-state index contributed by atoms with van der Waals surface area (Å²) in [6, 6.07) is 22.6. The van der Waals surface area contributed by atoms with Crippen molar-refractivity contribution in [3.8, 4) is 22.4 Å². The van der Waals surface area contributed by atoms with Gasteiger partial charge in [-0.05, 0) is 42.1 Å². The van der Waals surface area contributed by atoms with Crippen LogP contribution in [0.2, 0.25) is 0 Å². The molecule has 2 aromatic carbocycles. The third kappa shape index (κ3) is 4.63. The van der Waals surface area contributed by atoms with E-state index in [1.54, 1.807) is 0 Å². The number of nitrogens with zero attached hydrogens (tertiary/aromatic N) is 1. The van der Waals surface area contributed by atoms with Gasteiger partial charge in [-0.1, -0.05) is 49.7 Å². The van der Waals surface area contributed by atoms with Crippen molar-refractivity contribution in [3.05, 3.63) is 78.0 Å². The molecular weight excluding hydrogens is 470 g/mol. The molecule has 0 amide bonds. The Morgan fingerprint density at radius 3 is 2.58 bits per heavy atom. The molecule has 0 atom stereocenters. The van der Waals surface area contributed by atoms with Crippen LogP contribution < -0.4 is 0 Å². The SMILES string of the molecule is CCCCc1cccc(-c2cc[c-]c(-c3ccc(C)cn3)c2)c1.[Ir]. The van der Waals surface area contributed by atoms with E-state index in [1.807, 2.05) is 12.3 Å². The van der Waals surface area contributed by atoms with Crippen molar-refractivity contribution in [2.45, 2.75) is 33.1 Å². The van der Waals surface area contributed by atoms with Crippen LogP contribution in [0.1, 0.15) is 30.9 Å². The fourth-order valence-electron chi connectivity index (χ4n) is 2.71. The van der Waals surface area contributed by atoms with Crippen molar-refractivity contribution < 1.29 is 20.1 Å². The molecule has 3 rings (SSSR count). The molecule has 0 saturated heterocycles. The topological polar surface area (TPSA) is 12.9 Å². The first-order valence-corrected chi connectivity index (χ1v) is 8.30. The maximum Gasteiger partial charge on any atom is 0.0190 e. The average molecular weight is 493 g/mol. The summed E-state index contributed by atoms with van der Waals surface area (Å²) in [5, 5.41) is 0. The molecule has 24 heavy (non-hydrogen) atoms. The smallest absolute Gasteiger partial charge is 0.0190 e. The normalized spacial score (nSPS) is 10.2. The summed E-state index contributed by atoms with van der Waals surface area (Å²) in [6.45, 7) is 4.29. The van der Waals surface area contributed by atoms with E-state index in [-0.39, 0.29) is 20.1 Å². The van der Waals surface area contributed by atoms with Crippen molar-refractivity contribution in [3.63, 3.8) is 0 Å². The molecule has 0 saturated carbocycles. The first-order chi connectivity index (χ1) is 11.3. The molecule has 0 aliphatic rings. The van der Waals surface area contributed by atoms with E-state index in [9.17, 15) is 0 Å². The molecule has 0 fully saturated rings. The van der Waals surface area contributed by atoms with E-state index < -0.39 is 0 Å². The largest absolute Gasteiger partial charge is 0.304 e. The maximum absolute atomic E-state index is 4.51. The Morgan fingerprint density at radius 2 is 1.83 bits per heavy atom. The van der Waals surface area contributed by atoms with Gasteiger partial charge in [-0.2, -0.15) is 0 Å². The van der Waals surface area contributed by atoms with Gasteiger partial charge in [0.05, 0.1) is 0 Å². The fourth-order valence-corrected chi connectivity index (χ4v) is 2.71. The second-order valence-corrected chi connectivity index (χ2v) is 6.02. The number of hydrogen-bond acceptors (Lipinski definition) is 1. The molecule has 0 spiro atoms. The Labute approximate surface area is 158 Å². The molecule has 0 aliphatic heterocycles. The molecule has 0 aliphatic carbocycles. The first kappa shape index (κ1) is 18.6. The van der Waals surface area contributed by atoms with Gasteiger partial charge in [0.25, 0.3) is 0 Å². The van der Waals surface area contributed by atoms with Crippen LogP contribution in [0.3, 0.4) is 0 Å². The van der Waals surface area contributed by atoms with E-state index in [4.69, 9.17) is 0 Å². The monoisotopic (exact) mass is 493 g/mol. The minimum atomic E-state index is 0. The third-order valence-corrected chi connectivity index (χ3v) is 4.07. The van der Waals surface area contributed by atoms with Gasteiger partial charge >= 0.3 is 0 Å². The standard InChI is InChI=1S/C22H22N.Ir/c1-3-4-7-18-8-5-9-19(14-18)20-10-6-11-21(15-20)22-13-12-17(2)16-23-22;/h5-6,8-10,12-16H,3-4,7H2,1-2H3;/q-1;. The fraction of sp³-hybridized carbons (Fsp3) is 0.227. The van der Waals surface area contributed by atoms with Gasteiger partial charge < -0.3 is 4.98 Å². The average Bonchev–Trinajstić information content (AvgIpc) is 2.61. The zero-order valence-electron chi connectivity index (χ0n) is 14.2. The van der Waals surface area contributed by atoms with Crippen LogP contribution in [0.4, 0.5) is 0 Å². The van der Waals surface area contributed by atoms with Crippen molar-refractivity contribution in [1.29, 1.82) is 0 Å². The van der Waals surface area contributed by atoms with Gasteiger partial charge in [0.2, 0.25) is 0 Å². The summed E-state index contributed by atoms with van der Waals surface area (Å²) in [6.07, 6.45) is 5.52. The molecule has 1 aromatic heterocycles. The summed E-state index contributed by atoms with van der Waals surface area (Å²) in [5.74, 6) is 0. The number of aryl methyl sites for hydroxylation is 2. The van der Waals surface area contributed by atoms with E-state index in [0.717, 1.165) is 17.7 Å². The first-order valence-electron chi connectivity index (χ1n) is 8.30. The van der Waals surface area contributed by atoms with Crippen molar-refractivity contribution in [2.24, 2.45) is 0 Å². The predicted molar refractivity (Wildman–Crippen MR) is 97.3 cm³/mol. The van der Waals surface area contributed by atoms with Gasteiger partial charge in [0, 0.05) is 26.3 Å². The van der Waals surface area contributed by atoms with E-state index in [2.05, 4.69) is 73.4 Å². The van der Waals surface area contributed by atoms with Crippen molar-refractivity contribution >= 4 is 0 Å². The molecule has 2 heteroatoms. The van der Waals surface area contributed by atoms with Crippen LogP contribution >= 0.6 is 0 Å². The Bertz CT molecular complexity index is 778. The maximum atomic E-state index is 4.51. The molecule has 1 heterocycles. The second kappa shape index (κ2) is 8.92. The minimum Gasteiger partial charge on any atom is -0.304 e. The second-order valence-electron chi connectivity index (χ2n) is 6.02. The van der Waals surface area contributed by atoms with E-state index in [1.165, 1.54) is 35.1 Å². The van der Waals surface area contributed by atoms with Crippen LogP contribution in [0.5, 0.6) is 0 Å². The molecule has 0 unspecified atom stereocenters. The molecule has 0 N–H and O–H groups in total. The van der Waals surface area contributed by atoms with Gasteiger partial charge in [-0.3, -0.25) is 0 Å². The summed E-state index contributed by atoms with van der Waals surface area (Å²) >= 11 is 0. The summed E-state index contributed by atoms with van der Waals surface area (Å²) in [7, 11) is 0. The quantitative estimate of drug-likeness (QED) is 0.406. The molecule has 1 radical (unpaired) electrons. The molecule has 3 aromatic rings. The predicted octanol–water partition coefficient (Wildman–Crippen LogP) is 5.86. The number of aromatic nitrogens is 1. The van der Waals surface area contributed by atoms with E-state index >= 15 is 0 Å².